The molecule has 1 aliphatic carbocycles. The van der Waals surface area contributed by atoms with Crippen molar-refractivity contribution in [3.63, 3.8) is 0 Å². The fraction of sp³-hybridized carbons (Fsp3) is 0.286. The van der Waals surface area contributed by atoms with Crippen LogP contribution in [0.2, 0.25) is 4.34 Å². The maximum absolute atomic E-state index is 6.15. The summed E-state index contributed by atoms with van der Waals surface area (Å²) >= 11 is 7.56. The van der Waals surface area contributed by atoms with Gasteiger partial charge in [0.15, 0.2) is 0 Å². The summed E-state index contributed by atoms with van der Waals surface area (Å²) in [6.45, 7) is 0.850. The van der Waals surface area contributed by atoms with E-state index < -0.39 is 0 Å². The van der Waals surface area contributed by atoms with Gasteiger partial charge in [0.25, 0.3) is 0 Å². The van der Waals surface area contributed by atoms with E-state index >= 15 is 0 Å². The van der Waals surface area contributed by atoms with E-state index in [1.54, 1.807) is 11.3 Å². The summed E-state index contributed by atoms with van der Waals surface area (Å²) in [6, 6.07) is 13.0. The number of hydrogen-bond donors (Lipinski definition) is 2. The van der Waals surface area contributed by atoms with Crippen molar-refractivity contribution in [3.8, 4) is 0 Å². The quantitative estimate of drug-likeness (QED) is 0.900. The highest BCUT2D eigenvalue weighted by atomic mass is 35.5. The molecule has 2 aromatic rings. The van der Waals surface area contributed by atoms with Gasteiger partial charge in [-0.1, -0.05) is 35.9 Å². The van der Waals surface area contributed by atoms with Crippen molar-refractivity contribution in [1.29, 1.82) is 0 Å². The fourth-order valence-electron chi connectivity index (χ4n) is 2.54. The maximum Gasteiger partial charge on any atom is 0.0931 e. The van der Waals surface area contributed by atoms with Crippen LogP contribution < -0.4 is 11.1 Å². The van der Waals surface area contributed by atoms with Crippen LogP contribution in [0.4, 0.5) is 0 Å². The highest BCUT2D eigenvalue weighted by molar-refractivity contribution is 7.16. The molecular weight excluding hydrogens is 264 g/mol. The summed E-state index contributed by atoms with van der Waals surface area (Å²) < 4.78 is 0.843. The van der Waals surface area contributed by atoms with Crippen LogP contribution in [0, 0.1) is 0 Å². The second kappa shape index (κ2) is 5.02. The molecule has 1 aromatic carbocycles. The third-order valence-corrected chi connectivity index (χ3v) is 4.64. The molecule has 3 rings (SSSR count). The largest absolute Gasteiger partial charge is 0.324 e. The lowest BCUT2D eigenvalue weighted by Gasteiger charge is -2.13. The van der Waals surface area contributed by atoms with Gasteiger partial charge in [0, 0.05) is 23.5 Å². The molecule has 0 saturated carbocycles. The SMILES string of the molecule is NC1CC(NCc2ccc(Cl)s2)c2ccccc21. The molecule has 3 N–H and O–H groups in total. The molecule has 2 unspecified atom stereocenters. The van der Waals surface area contributed by atoms with Gasteiger partial charge >= 0.3 is 0 Å². The number of benzene rings is 1. The van der Waals surface area contributed by atoms with E-state index in [0.29, 0.717) is 6.04 Å². The predicted octanol–water partition coefficient (Wildman–Crippen LogP) is 3.64. The average Bonchev–Trinajstić information content (AvgIpc) is 2.92. The highest BCUT2D eigenvalue weighted by Gasteiger charge is 2.27. The second-order valence-corrected chi connectivity index (χ2v) is 6.41. The average molecular weight is 279 g/mol. The molecule has 2 nitrogen and oxygen atoms in total. The Bertz CT molecular complexity index is 552. The first-order valence-corrected chi connectivity index (χ1v) is 7.25. The van der Waals surface area contributed by atoms with Crippen molar-refractivity contribution < 1.29 is 0 Å². The lowest BCUT2D eigenvalue weighted by Crippen LogP contribution is -2.19. The lowest BCUT2D eigenvalue weighted by atomic mass is 10.1. The summed E-state index contributed by atoms with van der Waals surface area (Å²) in [7, 11) is 0. The molecule has 0 aliphatic heterocycles. The number of rotatable bonds is 3. The molecule has 0 fully saturated rings. The molecule has 0 saturated heterocycles. The third-order valence-electron chi connectivity index (χ3n) is 3.41. The molecule has 1 aromatic heterocycles. The van der Waals surface area contributed by atoms with Crippen molar-refractivity contribution in [2.75, 3.05) is 0 Å². The minimum absolute atomic E-state index is 0.158. The summed E-state index contributed by atoms with van der Waals surface area (Å²) in [5.74, 6) is 0. The standard InChI is InChI=1S/C14H15ClN2S/c15-14-6-5-9(18-14)8-17-13-7-12(16)10-3-1-2-4-11(10)13/h1-6,12-13,17H,7-8,16H2. The predicted molar refractivity (Wildman–Crippen MR) is 76.9 cm³/mol. The Labute approximate surface area is 116 Å². The molecule has 1 heterocycles. The number of hydrogen-bond acceptors (Lipinski definition) is 3. The van der Waals surface area contributed by atoms with Crippen molar-refractivity contribution in [2.45, 2.75) is 25.0 Å². The Balaban J connectivity index is 1.72. The van der Waals surface area contributed by atoms with E-state index in [1.165, 1.54) is 16.0 Å². The Morgan fingerprint density at radius 3 is 2.72 bits per heavy atom. The van der Waals surface area contributed by atoms with E-state index in [-0.39, 0.29) is 6.04 Å². The third kappa shape index (κ3) is 2.31. The zero-order chi connectivity index (χ0) is 12.5. The molecule has 18 heavy (non-hydrogen) atoms. The molecule has 0 bridgehead atoms. The van der Waals surface area contributed by atoms with E-state index in [9.17, 15) is 0 Å². The van der Waals surface area contributed by atoms with Crippen LogP contribution in [0.5, 0.6) is 0 Å². The summed E-state index contributed by atoms with van der Waals surface area (Å²) in [5.41, 5.74) is 8.77. The normalized spacial score (nSPS) is 22.1. The van der Waals surface area contributed by atoms with Gasteiger partial charge in [-0.05, 0) is 29.7 Å². The van der Waals surface area contributed by atoms with Gasteiger partial charge < -0.3 is 11.1 Å². The first kappa shape index (κ1) is 12.2. The topological polar surface area (TPSA) is 38.0 Å². The zero-order valence-corrected chi connectivity index (χ0v) is 11.5. The minimum atomic E-state index is 0.158. The Morgan fingerprint density at radius 1 is 1.22 bits per heavy atom. The summed E-state index contributed by atoms with van der Waals surface area (Å²) in [4.78, 5) is 1.26. The van der Waals surface area contributed by atoms with Gasteiger partial charge in [-0.25, -0.2) is 0 Å². The summed E-state index contributed by atoms with van der Waals surface area (Å²) in [6.07, 6.45) is 0.971. The van der Waals surface area contributed by atoms with Crippen LogP contribution in [0.15, 0.2) is 36.4 Å². The van der Waals surface area contributed by atoms with Gasteiger partial charge in [0.2, 0.25) is 0 Å². The van der Waals surface area contributed by atoms with Crippen molar-refractivity contribution >= 4 is 22.9 Å². The van der Waals surface area contributed by atoms with E-state index in [0.717, 1.165) is 17.3 Å². The van der Waals surface area contributed by atoms with Gasteiger partial charge in [-0.3, -0.25) is 0 Å². The Kier molecular flexibility index (Phi) is 3.39. The number of thiophene rings is 1. The first-order chi connectivity index (χ1) is 8.74. The molecule has 4 heteroatoms. The zero-order valence-electron chi connectivity index (χ0n) is 9.90. The first-order valence-electron chi connectivity index (χ1n) is 6.06. The fourth-order valence-corrected chi connectivity index (χ4v) is 3.58. The number of nitrogens with one attached hydrogen (secondary N) is 1. The molecule has 0 amide bonds. The van der Waals surface area contributed by atoms with Gasteiger partial charge in [-0.15, -0.1) is 11.3 Å². The van der Waals surface area contributed by atoms with Crippen LogP contribution in [-0.4, -0.2) is 0 Å². The van der Waals surface area contributed by atoms with Crippen molar-refractivity contribution in [2.24, 2.45) is 5.73 Å². The van der Waals surface area contributed by atoms with Crippen molar-refractivity contribution in [1.82, 2.24) is 5.32 Å². The Morgan fingerprint density at radius 2 is 2.00 bits per heavy atom. The lowest BCUT2D eigenvalue weighted by molar-refractivity contribution is 0.501. The van der Waals surface area contributed by atoms with E-state index in [4.69, 9.17) is 17.3 Å². The molecule has 0 spiro atoms. The minimum Gasteiger partial charge on any atom is -0.324 e. The van der Waals surface area contributed by atoms with Crippen LogP contribution in [0.3, 0.4) is 0 Å². The van der Waals surface area contributed by atoms with Crippen LogP contribution in [0.25, 0.3) is 0 Å². The number of halogens is 1. The monoisotopic (exact) mass is 278 g/mol. The molecular formula is C14H15ClN2S. The second-order valence-electron chi connectivity index (χ2n) is 4.61. The molecule has 94 valence electrons. The summed E-state index contributed by atoms with van der Waals surface area (Å²) in [5, 5.41) is 3.57. The Hall–Kier alpha value is -0.870. The molecule has 0 radical (unpaired) electrons. The maximum atomic E-state index is 6.15. The van der Waals surface area contributed by atoms with Crippen LogP contribution >= 0.6 is 22.9 Å². The number of nitrogens with two attached hydrogens (primary N) is 1. The van der Waals surface area contributed by atoms with Gasteiger partial charge in [0.05, 0.1) is 4.34 Å². The van der Waals surface area contributed by atoms with Crippen LogP contribution in [-0.2, 0) is 6.54 Å². The molecule has 2 atom stereocenters. The molecule has 1 aliphatic rings. The number of fused-ring (bicyclic) bond motifs is 1. The van der Waals surface area contributed by atoms with Crippen molar-refractivity contribution in [3.05, 3.63) is 56.7 Å². The van der Waals surface area contributed by atoms with Gasteiger partial charge in [-0.2, -0.15) is 0 Å². The van der Waals surface area contributed by atoms with E-state index in [1.807, 2.05) is 6.07 Å². The van der Waals surface area contributed by atoms with Gasteiger partial charge in [0.1, 0.15) is 0 Å². The van der Waals surface area contributed by atoms with Crippen LogP contribution in [0.1, 0.15) is 34.5 Å². The highest BCUT2D eigenvalue weighted by Crippen LogP contribution is 2.37. The smallest absolute Gasteiger partial charge is 0.0931 e. The van der Waals surface area contributed by atoms with E-state index in [2.05, 4.69) is 35.6 Å².